The average molecular weight is 420 g/mol. The quantitative estimate of drug-likeness (QED) is 0.773. The molecule has 162 valence electrons. The minimum atomic E-state index is -0.506. The fraction of sp³-hybridized carbons (Fsp3) is 0.400. The van der Waals surface area contributed by atoms with Gasteiger partial charge in [0.1, 0.15) is 6.04 Å². The van der Waals surface area contributed by atoms with E-state index in [1.807, 2.05) is 42.2 Å². The van der Waals surface area contributed by atoms with E-state index < -0.39 is 6.04 Å². The summed E-state index contributed by atoms with van der Waals surface area (Å²) in [5, 5.41) is 5.72. The summed E-state index contributed by atoms with van der Waals surface area (Å²) in [4.78, 5) is 40.6. The van der Waals surface area contributed by atoms with Gasteiger partial charge >= 0.3 is 0 Å². The SMILES string of the molecule is CCNC(=O)c1cccc(NC(=O)C2CC3CCCCC3N2C(=O)c2ccccc2)c1. The van der Waals surface area contributed by atoms with Crippen LogP contribution in [0.4, 0.5) is 5.69 Å². The molecule has 6 nitrogen and oxygen atoms in total. The van der Waals surface area contributed by atoms with Crippen LogP contribution in [0.25, 0.3) is 0 Å². The minimum absolute atomic E-state index is 0.0776. The highest BCUT2D eigenvalue weighted by atomic mass is 16.2. The van der Waals surface area contributed by atoms with Crippen LogP contribution in [0, 0.1) is 5.92 Å². The lowest BCUT2D eigenvalue weighted by atomic mass is 9.84. The van der Waals surface area contributed by atoms with E-state index in [0.29, 0.717) is 35.7 Å². The molecule has 1 aliphatic heterocycles. The van der Waals surface area contributed by atoms with Crippen LogP contribution in [-0.4, -0.2) is 41.2 Å². The third kappa shape index (κ3) is 4.48. The fourth-order valence-electron chi connectivity index (χ4n) is 4.94. The molecule has 6 heteroatoms. The molecule has 1 heterocycles. The molecule has 0 bridgehead atoms. The lowest BCUT2D eigenvalue weighted by Gasteiger charge is -2.33. The van der Waals surface area contributed by atoms with Gasteiger partial charge in [-0.1, -0.05) is 37.1 Å². The Morgan fingerprint density at radius 2 is 1.71 bits per heavy atom. The zero-order valence-corrected chi connectivity index (χ0v) is 17.8. The van der Waals surface area contributed by atoms with Gasteiger partial charge in [0, 0.05) is 29.4 Å². The Morgan fingerprint density at radius 3 is 2.48 bits per heavy atom. The van der Waals surface area contributed by atoms with Crippen molar-refractivity contribution in [3.8, 4) is 0 Å². The van der Waals surface area contributed by atoms with Gasteiger partial charge in [-0.3, -0.25) is 14.4 Å². The average Bonchev–Trinajstić information content (AvgIpc) is 3.19. The first kappa shape index (κ1) is 21.1. The predicted octanol–water partition coefficient (Wildman–Crippen LogP) is 3.85. The van der Waals surface area contributed by atoms with E-state index in [2.05, 4.69) is 10.6 Å². The van der Waals surface area contributed by atoms with Gasteiger partial charge in [0.15, 0.2) is 0 Å². The number of benzene rings is 2. The zero-order valence-electron chi connectivity index (χ0n) is 17.8. The van der Waals surface area contributed by atoms with Gasteiger partial charge in [-0.2, -0.15) is 0 Å². The second-order valence-corrected chi connectivity index (χ2v) is 8.37. The van der Waals surface area contributed by atoms with Gasteiger partial charge in [0.25, 0.3) is 11.8 Å². The van der Waals surface area contributed by atoms with Crippen LogP contribution in [-0.2, 0) is 4.79 Å². The number of amides is 3. The molecule has 1 aliphatic carbocycles. The highest BCUT2D eigenvalue weighted by Crippen LogP contribution is 2.40. The van der Waals surface area contributed by atoms with Gasteiger partial charge in [0.2, 0.25) is 5.91 Å². The van der Waals surface area contributed by atoms with E-state index in [0.717, 1.165) is 25.7 Å². The Morgan fingerprint density at radius 1 is 0.968 bits per heavy atom. The molecule has 1 saturated carbocycles. The van der Waals surface area contributed by atoms with Crippen molar-refractivity contribution < 1.29 is 14.4 Å². The van der Waals surface area contributed by atoms with Crippen LogP contribution in [0.5, 0.6) is 0 Å². The second kappa shape index (κ2) is 9.33. The second-order valence-electron chi connectivity index (χ2n) is 8.37. The first-order chi connectivity index (χ1) is 15.1. The summed E-state index contributed by atoms with van der Waals surface area (Å²) in [5.74, 6) is -0.0804. The molecule has 2 aromatic rings. The van der Waals surface area contributed by atoms with E-state index in [-0.39, 0.29) is 23.8 Å². The van der Waals surface area contributed by atoms with E-state index in [1.54, 1.807) is 24.3 Å². The largest absolute Gasteiger partial charge is 0.352 e. The number of hydrogen-bond donors (Lipinski definition) is 2. The summed E-state index contributed by atoms with van der Waals surface area (Å²) in [6.07, 6.45) is 4.92. The molecular weight excluding hydrogens is 390 g/mol. The Bertz CT molecular complexity index is 959. The maximum atomic E-state index is 13.4. The Hall–Kier alpha value is -3.15. The number of carbonyl (C=O) groups excluding carboxylic acids is 3. The highest BCUT2D eigenvalue weighted by Gasteiger charge is 2.47. The number of likely N-dealkylation sites (tertiary alicyclic amines) is 1. The van der Waals surface area contributed by atoms with Crippen LogP contribution >= 0.6 is 0 Å². The molecule has 3 amide bonds. The molecule has 0 radical (unpaired) electrons. The third-order valence-corrected chi connectivity index (χ3v) is 6.38. The Labute approximate surface area is 183 Å². The topological polar surface area (TPSA) is 78.5 Å². The lowest BCUT2D eigenvalue weighted by Crippen LogP contribution is -2.47. The van der Waals surface area contributed by atoms with Gasteiger partial charge in [-0.25, -0.2) is 0 Å². The third-order valence-electron chi connectivity index (χ3n) is 6.38. The maximum absolute atomic E-state index is 13.4. The number of rotatable bonds is 5. The minimum Gasteiger partial charge on any atom is -0.352 e. The lowest BCUT2D eigenvalue weighted by molar-refractivity contribution is -0.120. The molecule has 31 heavy (non-hydrogen) atoms. The number of nitrogens with one attached hydrogen (secondary N) is 2. The Kier molecular flexibility index (Phi) is 6.35. The van der Waals surface area contributed by atoms with Crippen LogP contribution in [0.15, 0.2) is 54.6 Å². The van der Waals surface area contributed by atoms with Crippen molar-refractivity contribution in [2.45, 2.75) is 51.1 Å². The molecular formula is C25H29N3O3. The summed E-state index contributed by atoms with van der Waals surface area (Å²) in [6.45, 7) is 2.40. The summed E-state index contributed by atoms with van der Waals surface area (Å²) >= 11 is 0. The van der Waals surface area contributed by atoms with Crippen molar-refractivity contribution in [1.82, 2.24) is 10.2 Å². The number of nitrogens with zero attached hydrogens (tertiary/aromatic N) is 1. The van der Waals surface area contributed by atoms with Crippen molar-refractivity contribution in [2.24, 2.45) is 5.92 Å². The molecule has 2 N–H and O–H groups in total. The summed E-state index contributed by atoms with van der Waals surface area (Å²) in [6, 6.07) is 15.7. The van der Waals surface area contributed by atoms with Crippen LogP contribution in [0.2, 0.25) is 0 Å². The van der Waals surface area contributed by atoms with Gasteiger partial charge < -0.3 is 15.5 Å². The van der Waals surface area contributed by atoms with E-state index in [4.69, 9.17) is 0 Å². The van der Waals surface area contributed by atoms with Crippen LogP contribution < -0.4 is 10.6 Å². The molecule has 0 spiro atoms. The van der Waals surface area contributed by atoms with Crippen molar-refractivity contribution >= 4 is 23.4 Å². The molecule has 2 aromatic carbocycles. The molecule has 0 aromatic heterocycles. The molecule has 1 saturated heterocycles. The van der Waals surface area contributed by atoms with Crippen molar-refractivity contribution in [1.29, 1.82) is 0 Å². The van der Waals surface area contributed by atoms with Gasteiger partial charge in [-0.05, 0) is 62.4 Å². The fourth-order valence-corrected chi connectivity index (χ4v) is 4.94. The number of fused-ring (bicyclic) bond motifs is 1. The smallest absolute Gasteiger partial charge is 0.254 e. The van der Waals surface area contributed by atoms with Crippen molar-refractivity contribution in [2.75, 3.05) is 11.9 Å². The summed E-state index contributed by atoms with van der Waals surface area (Å²) in [5.41, 5.74) is 1.68. The van der Waals surface area contributed by atoms with E-state index in [9.17, 15) is 14.4 Å². The number of anilines is 1. The molecule has 2 aliphatic rings. The summed E-state index contributed by atoms with van der Waals surface area (Å²) < 4.78 is 0. The first-order valence-electron chi connectivity index (χ1n) is 11.2. The van der Waals surface area contributed by atoms with Crippen LogP contribution in [0.1, 0.15) is 59.7 Å². The monoisotopic (exact) mass is 419 g/mol. The summed E-state index contributed by atoms with van der Waals surface area (Å²) in [7, 11) is 0. The van der Waals surface area contributed by atoms with Crippen molar-refractivity contribution in [3.05, 3.63) is 65.7 Å². The maximum Gasteiger partial charge on any atom is 0.254 e. The molecule has 3 atom stereocenters. The van der Waals surface area contributed by atoms with E-state index in [1.165, 1.54) is 0 Å². The molecule has 3 unspecified atom stereocenters. The Balaban J connectivity index is 1.56. The van der Waals surface area contributed by atoms with Crippen molar-refractivity contribution in [3.63, 3.8) is 0 Å². The number of carbonyl (C=O) groups is 3. The van der Waals surface area contributed by atoms with Gasteiger partial charge in [-0.15, -0.1) is 0 Å². The standard InChI is InChI=1S/C25H29N3O3/c1-2-26-23(29)19-12-8-13-20(15-19)27-24(30)22-16-18-11-6-7-14-21(18)28(22)25(31)17-9-4-3-5-10-17/h3-5,8-10,12-13,15,18,21-22H,2,6-7,11,14,16H2,1H3,(H,26,29)(H,27,30). The normalized spacial score (nSPS) is 22.5. The number of hydrogen-bond acceptors (Lipinski definition) is 3. The highest BCUT2D eigenvalue weighted by molar-refractivity contribution is 6.02. The van der Waals surface area contributed by atoms with E-state index >= 15 is 0 Å². The first-order valence-corrected chi connectivity index (χ1v) is 11.2. The zero-order chi connectivity index (χ0) is 21.8. The predicted molar refractivity (Wildman–Crippen MR) is 120 cm³/mol. The molecule has 4 rings (SSSR count). The van der Waals surface area contributed by atoms with Gasteiger partial charge in [0.05, 0.1) is 0 Å². The van der Waals surface area contributed by atoms with Crippen LogP contribution in [0.3, 0.4) is 0 Å². The molecule has 2 fully saturated rings.